The average molecular weight is 279 g/mol. The Morgan fingerprint density at radius 2 is 1.94 bits per heavy atom. The Morgan fingerprint density at radius 1 is 1.28 bits per heavy atom. The molecule has 1 aliphatic rings. The molecule has 0 saturated carbocycles. The molecule has 0 aromatic carbocycles. The summed E-state index contributed by atoms with van der Waals surface area (Å²) >= 11 is 0. The first kappa shape index (κ1) is 18.2. The lowest BCUT2D eigenvalue weighted by atomic mass is 9.93. The Hall–Kier alpha value is 0.170. The molecule has 1 heterocycles. The summed E-state index contributed by atoms with van der Waals surface area (Å²) in [6, 6.07) is 0. The molecule has 0 aliphatic carbocycles. The normalized spacial score (nSPS) is 18.0. The summed E-state index contributed by atoms with van der Waals surface area (Å²) in [5.41, 5.74) is 0. The minimum atomic E-state index is 0. The lowest BCUT2D eigenvalue weighted by molar-refractivity contribution is 0.0733. The van der Waals surface area contributed by atoms with Crippen molar-refractivity contribution in [1.29, 1.82) is 0 Å². The van der Waals surface area contributed by atoms with Gasteiger partial charge < -0.3 is 15.0 Å². The second-order valence-corrected chi connectivity index (χ2v) is 5.65. The maximum Gasteiger partial charge on any atom is 0.0593 e. The van der Waals surface area contributed by atoms with Gasteiger partial charge in [-0.1, -0.05) is 13.8 Å². The molecule has 1 N–H and O–H groups in total. The molecular formula is C14H31ClN2O. The molecular weight excluding hydrogens is 248 g/mol. The van der Waals surface area contributed by atoms with E-state index in [2.05, 4.69) is 24.1 Å². The second-order valence-electron chi connectivity index (χ2n) is 5.65. The SMILES string of the molecule is CNCCC1CCN(CCOCC(C)C)CC1.Cl. The van der Waals surface area contributed by atoms with Gasteiger partial charge in [-0.05, 0) is 57.8 Å². The Bertz CT molecular complexity index is 183. The number of ether oxygens (including phenoxy) is 1. The first-order valence-electron chi connectivity index (χ1n) is 7.17. The maximum absolute atomic E-state index is 5.64. The van der Waals surface area contributed by atoms with Gasteiger partial charge in [0.05, 0.1) is 6.61 Å². The van der Waals surface area contributed by atoms with E-state index in [1.807, 2.05) is 7.05 Å². The smallest absolute Gasteiger partial charge is 0.0593 e. The van der Waals surface area contributed by atoms with Crippen LogP contribution in [0.2, 0.25) is 0 Å². The zero-order valence-corrected chi connectivity index (χ0v) is 13.1. The van der Waals surface area contributed by atoms with Gasteiger partial charge in [0.25, 0.3) is 0 Å². The Morgan fingerprint density at radius 3 is 2.50 bits per heavy atom. The number of nitrogens with one attached hydrogen (secondary N) is 1. The van der Waals surface area contributed by atoms with Crippen molar-refractivity contribution in [2.24, 2.45) is 11.8 Å². The summed E-state index contributed by atoms with van der Waals surface area (Å²) in [6.45, 7) is 11.0. The molecule has 1 rings (SSSR count). The summed E-state index contributed by atoms with van der Waals surface area (Å²) in [6.07, 6.45) is 4.08. The van der Waals surface area contributed by atoms with Gasteiger partial charge in [0, 0.05) is 13.2 Å². The lowest BCUT2D eigenvalue weighted by Crippen LogP contribution is -2.36. The second kappa shape index (κ2) is 11.0. The van der Waals surface area contributed by atoms with Crippen molar-refractivity contribution in [2.75, 3.05) is 46.4 Å². The number of hydrogen-bond acceptors (Lipinski definition) is 3. The predicted octanol–water partition coefficient (Wildman–Crippen LogP) is 2.40. The molecule has 0 radical (unpaired) electrons. The fourth-order valence-corrected chi connectivity index (χ4v) is 2.36. The van der Waals surface area contributed by atoms with Crippen molar-refractivity contribution in [2.45, 2.75) is 33.1 Å². The van der Waals surface area contributed by atoms with E-state index in [1.54, 1.807) is 0 Å². The highest BCUT2D eigenvalue weighted by atomic mass is 35.5. The van der Waals surface area contributed by atoms with Crippen LogP contribution in [-0.4, -0.2) is 51.3 Å². The molecule has 0 bridgehead atoms. The summed E-state index contributed by atoms with van der Waals surface area (Å²) in [5.74, 6) is 1.59. The van der Waals surface area contributed by atoms with Crippen molar-refractivity contribution in [3.8, 4) is 0 Å². The highest BCUT2D eigenvalue weighted by Gasteiger charge is 2.18. The largest absolute Gasteiger partial charge is 0.380 e. The van der Waals surface area contributed by atoms with Crippen LogP contribution in [0.1, 0.15) is 33.1 Å². The fraction of sp³-hybridized carbons (Fsp3) is 1.00. The van der Waals surface area contributed by atoms with Crippen LogP contribution in [0.5, 0.6) is 0 Å². The molecule has 0 unspecified atom stereocenters. The van der Waals surface area contributed by atoms with Gasteiger partial charge in [0.15, 0.2) is 0 Å². The van der Waals surface area contributed by atoms with Gasteiger partial charge >= 0.3 is 0 Å². The van der Waals surface area contributed by atoms with E-state index < -0.39 is 0 Å². The topological polar surface area (TPSA) is 24.5 Å². The molecule has 1 aliphatic heterocycles. The standard InChI is InChI=1S/C14H30N2O.ClH/c1-13(2)12-17-11-10-16-8-5-14(6-9-16)4-7-15-3;/h13-15H,4-12H2,1-3H3;1H. The number of rotatable bonds is 8. The Balaban J connectivity index is 0.00000289. The van der Waals surface area contributed by atoms with Gasteiger partial charge in [-0.3, -0.25) is 0 Å². The monoisotopic (exact) mass is 278 g/mol. The van der Waals surface area contributed by atoms with Crippen LogP contribution in [0.15, 0.2) is 0 Å². The fourth-order valence-electron chi connectivity index (χ4n) is 2.36. The first-order chi connectivity index (χ1) is 8.22. The van der Waals surface area contributed by atoms with Crippen molar-refractivity contribution in [3.05, 3.63) is 0 Å². The molecule has 18 heavy (non-hydrogen) atoms. The quantitative estimate of drug-likeness (QED) is 0.690. The van der Waals surface area contributed by atoms with E-state index >= 15 is 0 Å². The summed E-state index contributed by atoms with van der Waals surface area (Å²) in [5, 5.41) is 3.25. The van der Waals surface area contributed by atoms with Crippen LogP contribution in [0.3, 0.4) is 0 Å². The molecule has 0 atom stereocenters. The lowest BCUT2D eigenvalue weighted by Gasteiger charge is -2.31. The van der Waals surface area contributed by atoms with E-state index in [0.29, 0.717) is 5.92 Å². The van der Waals surface area contributed by atoms with Gasteiger partial charge in [0.2, 0.25) is 0 Å². The van der Waals surface area contributed by atoms with Crippen molar-refractivity contribution in [1.82, 2.24) is 10.2 Å². The third-order valence-corrected chi connectivity index (χ3v) is 3.51. The van der Waals surface area contributed by atoms with Gasteiger partial charge in [-0.25, -0.2) is 0 Å². The van der Waals surface area contributed by atoms with E-state index in [1.165, 1.54) is 38.9 Å². The van der Waals surface area contributed by atoms with Gasteiger partial charge in [0.1, 0.15) is 0 Å². The van der Waals surface area contributed by atoms with E-state index in [9.17, 15) is 0 Å². The predicted molar refractivity (Wildman–Crippen MR) is 80.6 cm³/mol. The summed E-state index contributed by atoms with van der Waals surface area (Å²) in [4.78, 5) is 2.55. The van der Waals surface area contributed by atoms with Crippen LogP contribution in [-0.2, 0) is 4.74 Å². The molecule has 1 fully saturated rings. The van der Waals surface area contributed by atoms with Crippen LogP contribution < -0.4 is 5.32 Å². The molecule has 1 saturated heterocycles. The van der Waals surface area contributed by atoms with Gasteiger partial charge in [-0.2, -0.15) is 0 Å². The molecule has 4 heteroatoms. The molecule has 0 aromatic rings. The van der Waals surface area contributed by atoms with E-state index in [-0.39, 0.29) is 12.4 Å². The number of nitrogens with zero attached hydrogens (tertiary/aromatic N) is 1. The number of halogens is 1. The third-order valence-electron chi connectivity index (χ3n) is 3.51. The number of piperidine rings is 1. The van der Waals surface area contributed by atoms with Crippen LogP contribution in [0.25, 0.3) is 0 Å². The van der Waals surface area contributed by atoms with Crippen molar-refractivity contribution in [3.63, 3.8) is 0 Å². The minimum absolute atomic E-state index is 0. The Labute approximate surface area is 119 Å². The highest BCUT2D eigenvalue weighted by Crippen LogP contribution is 2.19. The summed E-state index contributed by atoms with van der Waals surface area (Å²) < 4.78 is 5.64. The van der Waals surface area contributed by atoms with E-state index in [0.717, 1.165) is 25.7 Å². The van der Waals surface area contributed by atoms with Crippen molar-refractivity contribution >= 4 is 12.4 Å². The Kier molecular flexibility index (Phi) is 11.1. The molecule has 3 nitrogen and oxygen atoms in total. The first-order valence-corrected chi connectivity index (χ1v) is 7.17. The highest BCUT2D eigenvalue weighted by molar-refractivity contribution is 5.85. The maximum atomic E-state index is 5.64. The van der Waals surface area contributed by atoms with Crippen molar-refractivity contribution < 1.29 is 4.74 Å². The third kappa shape index (κ3) is 8.30. The number of hydrogen-bond donors (Lipinski definition) is 1. The van der Waals surface area contributed by atoms with Crippen LogP contribution in [0, 0.1) is 11.8 Å². The number of likely N-dealkylation sites (tertiary alicyclic amines) is 1. The average Bonchev–Trinajstić information content (AvgIpc) is 2.33. The zero-order chi connectivity index (χ0) is 12.5. The van der Waals surface area contributed by atoms with E-state index in [4.69, 9.17) is 4.74 Å². The zero-order valence-electron chi connectivity index (χ0n) is 12.3. The molecule has 0 spiro atoms. The molecule has 0 aromatic heterocycles. The molecule has 110 valence electrons. The summed E-state index contributed by atoms with van der Waals surface area (Å²) in [7, 11) is 2.04. The van der Waals surface area contributed by atoms with Gasteiger partial charge in [-0.15, -0.1) is 12.4 Å². The van der Waals surface area contributed by atoms with Crippen LogP contribution in [0.4, 0.5) is 0 Å². The van der Waals surface area contributed by atoms with Crippen LogP contribution >= 0.6 is 12.4 Å². The minimum Gasteiger partial charge on any atom is -0.380 e. The molecule has 0 amide bonds.